The predicted molar refractivity (Wildman–Crippen MR) is 92.0 cm³/mol. The highest BCUT2D eigenvalue weighted by Crippen LogP contribution is 2.32. The fourth-order valence-corrected chi connectivity index (χ4v) is 4.00. The molecule has 1 N–H and O–H groups in total. The Labute approximate surface area is 142 Å². The number of rotatable bonds is 6. The first-order valence-corrected chi connectivity index (χ1v) is 9.92. The molecule has 1 heterocycles. The number of carbonyl (C=O) groups is 3. The Kier molecular flexibility index (Phi) is 6.50. The zero-order valence-electron chi connectivity index (χ0n) is 14.3. The van der Waals surface area contributed by atoms with Crippen LogP contribution in [0.5, 0.6) is 0 Å². The Bertz CT molecular complexity index is 461. The van der Waals surface area contributed by atoms with E-state index in [4.69, 9.17) is 0 Å². The van der Waals surface area contributed by atoms with Crippen molar-refractivity contribution in [2.24, 2.45) is 11.8 Å². The van der Waals surface area contributed by atoms with Crippen molar-refractivity contribution in [2.45, 2.75) is 63.7 Å². The van der Waals surface area contributed by atoms with Gasteiger partial charge >= 0.3 is 0 Å². The summed E-state index contributed by atoms with van der Waals surface area (Å²) in [7, 11) is 0. The topological polar surface area (TPSA) is 66.5 Å². The lowest BCUT2D eigenvalue weighted by molar-refractivity contribution is -0.139. The molecule has 0 bridgehead atoms. The first-order chi connectivity index (χ1) is 11.0. The molecule has 0 aromatic carbocycles. The Morgan fingerprint density at radius 1 is 1.30 bits per heavy atom. The minimum absolute atomic E-state index is 0.0286. The molecule has 0 spiro atoms. The molecule has 0 aromatic rings. The summed E-state index contributed by atoms with van der Waals surface area (Å²) in [5.74, 6) is 0.527. The van der Waals surface area contributed by atoms with Gasteiger partial charge in [-0.3, -0.25) is 19.3 Å². The number of nitrogens with one attached hydrogen (secondary N) is 1. The standard InChI is InChI=1S/C17H28N2O3S/c1-4-11(2)18-16(21)13-7-5-12(6-8-13)10-19-15(20)9-14(23-3)17(19)22/h11-14H,4-10H2,1-3H3,(H,18,21). The molecule has 130 valence electrons. The van der Waals surface area contributed by atoms with E-state index in [9.17, 15) is 14.4 Å². The van der Waals surface area contributed by atoms with Crippen molar-refractivity contribution in [3.8, 4) is 0 Å². The van der Waals surface area contributed by atoms with E-state index in [0.29, 0.717) is 18.9 Å². The second kappa shape index (κ2) is 8.18. The minimum Gasteiger partial charge on any atom is -0.353 e. The van der Waals surface area contributed by atoms with Gasteiger partial charge in [-0.05, 0) is 51.2 Å². The molecule has 5 nitrogen and oxygen atoms in total. The normalized spacial score (nSPS) is 29.7. The number of likely N-dealkylation sites (tertiary alicyclic amines) is 1. The molecule has 6 heteroatoms. The van der Waals surface area contributed by atoms with Crippen LogP contribution in [0, 0.1) is 11.8 Å². The monoisotopic (exact) mass is 340 g/mol. The molecule has 2 atom stereocenters. The number of thioether (sulfide) groups is 1. The summed E-state index contributed by atoms with van der Waals surface area (Å²) in [5, 5.41) is 2.86. The smallest absolute Gasteiger partial charge is 0.242 e. The van der Waals surface area contributed by atoms with Crippen LogP contribution in [0.1, 0.15) is 52.4 Å². The molecule has 2 unspecified atom stereocenters. The van der Waals surface area contributed by atoms with Gasteiger partial charge in [-0.2, -0.15) is 11.8 Å². The number of carbonyl (C=O) groups excluding carboxylic acids is 3. The van der Waals surface area contributed by atoms with Gasteiger partial charge in [0.25, 0.3) is 0 Å². The lowest BCUT2D eigenvalue weighted by Crippen LogP contribution is -2.40. The Hall–Kier alpha value is -1.04. The van der Waals surface area contributed by atoms with E-state index in [2.05, 4.69) is 12.2 Å². The van der Waals surface area contributed by atoms with Crippen molar-refractivity contribution in [1.82, 2.24) is 10.2 Å². The van der Waals surface area contributed by atoms with E-state index in [0.717, 1.165) is 32.1 Å². The van der Waals surface area contributed by atoms with Gasteiger partial charge in [0.1, 0.15) is 0 Å². The second-order valence-corrected chi connectivity index (χ2v) is 7.85. The molecule has 3 amide bonds. The lowest BCUT2D eigenvalue weighted by atomic mass is 9.81. The summed E-state index contributed by atoms with van der Waals surface area (Å²) in [5.41, 5.74) is 0. The summed E-state index contributed by atoms with van der Waals surface area (Å²) < 4.78 is 0. The highest BCUT2D eigenvalue weighted by atomic mass is 32.2. The van der Waals surface area contributed by atoms with Gasteiger partial charge in [0.2, 0.25) is 17.7 Å². The summed E-state index contributed by atoms with van der Waals surface area (Å²) in [6.45, 7) is 4.62. The molecular weight excluding hydrogens is 312 g/mol. The van der Waals surface area contributed by atoms with Gasteiger partial charge < -0.3 is 5.32 Å². The fraction of sp³-hybridized carbons (Fsp3) is 0.824. The van der Waals surface area contributed by atoms with Crippen LogP contribution in [0.4, 0.5) is 0 Å². The maximum absolute atomic E-state index is 12.2. The third-order valence-corrected chi connectivity index (χ3v) is 6.08. The SMILES string of the molecule is CCC(C)NC(=O)C1CCC(CN2C(=O)CC(SC)C2=O)CC1. The quantitative estimate of drug-likeness (QED) is 0.753. The minimum atomic E-state index is -0.194. The molecule has 0 aromatic heterocycles. The summed E-state index contributed by atoms with van der Waals surface area (Å²) in [6, 6.07) is 0.226. The average molecular weight is 340 g/mol. The highest BCUT2D eigenvalue weighted by Gasteiger charge is 2.39. The zero-order valence-corrected chi connectivity index (χ0v) is 15.2. The Morgan fingerprint density at radius 3 is 2.48 bits per heavy atom. The van der Waals surface area contributed by atoms with E-state index in [1.165, 1.54) is 16.7 Å². The van der Waals surface area contributed by atoms with E-state index in [1.54, 1.807) is 0 Å². The fourth-order valence-electron chi connectivity index (χ4n) is 3.36. The van der Waals surface area contributed by atoms with Gasteiger partial charge in [0, 0.05) is 24.9 Å². The van der Waals surface area contributed by atoms with Gasteiger partial charge in [-0.15, -0.1) is 0 Å². The van der Waals surface area contributed by atoms with Gasteiger partial charge in [-0.1, -0.05) is 6.92 Å². The number of hydrogen-bond donors (Lipinski definition) is 1. The van der Waals surface area contributed by atoms with Crippen LogP contribution in [0.25, 0.3) is 0 Å². The maximum atomic E-state index is 12.2. The van der Waals surface area contributed by atoms with Crippen LogP contribution < -0.4 is 5.32 Å². The highest BCUT2D eigenvalue weighted by molar-refractivity contribution is 8.00. The number of imide groups is 1. The van der Waals surface area contributed by atoms with Crippen LogP contribution in [-0.2, 0) is 14.4 Å². The predicted octanol–water partition coefficient (Wildman–Crippen LogP) is 2.20. The van der Waals surface area contributed by atoms with Crippen LogP contribution in [0.3, 0.4) is 0 Å². The van der Waals surface area contributed by atoms with E-state index >= 15 is 0 Å². The van der Waals surface area contributed by atoms with Crippen LogP contribution in [0.15, 0.2) is 0 Å². The summed E-state index contributed by atoms with van der Waals surface area (Å²) in [4.78, 5) is 37.8. The molecule has 1 aliphatic carbocycles. The molecule has 23 heavy (non-hydrogen) atoms. The molecule has 2 aliphatic rings. The van der Waals surface area contributed by atoms with Gasteiger partial charge in [-0.25, -0.2) is 0 Å². The molecular formula is C17H28N2O3S. The van der Waals surface area contributed by atoms with Crippen molar-refractivity contribution in [3.05, 3.63) is 0 Å². The molecule has 2 fully saturated rings. The van der Waals surface area contributed by atoms with Crippen LogP contribution in [0.2, 0.25) is 0 Å². The second-order valence-electron chi connectivity index (χ2n) is 6.81. The average Bonchev–Trinajstić information content (AvgIpc) is 2.82. The van der Waals surface area contributed by atoms with Crippen molar-refractivity contribution in [2.75, 3.05) is 12.8 Å². The van der Waals surface area contributed by atoms with Crippen LogP contribution in [-0.4, -0.2) is 46.7 Å². The molecule has 0 radical (unpaired) electrons. The van der Waals surface area contributed by atoms with E-state index in [1.807, 2.05) is 13.2 Å². The lowest BCUT2D eigenvalue weighted by Gasteiger charge is -2.30. The van der Waals surface area contributed by atoms with Crippen molar-refractivity contribution in [3.63, 3.8) is 0 Å². The molecule has 1 saturated heterocycles. The molecule has 1 aliphatic heterocycles. The molecule has 1 saturated carbocycles. The number of amides is 3. The third kappa shape index (κ3) is 4.49. The Morgan fingerprint density at radius 2 is 1.96 bits per heavy atom. The van der Waals surface area contributed by atoms with Crippen LogP contribution >= 0.6 is 11.8 Å². The molecule has 2 rings (SSSR count). The van der Waals surface area contributed by atoms with Gasteiger partial charge in [0.05, 0.1) is 5.25 Å². The zero-order chi connectivity index (χ0) is 17.0. The first-order valence-electron chi connectivity index (χ1n) is 8.63. The largest absolute Gasteiger partial charge is 0.353 e. The number of hydrogen-bond acceptors (Lipinski definition) is 4. The maximum Gasteiger partial charge on any atom is 0.242 e. The third-order valence-electron chi connectivity index (χ3n) is 5.15. The summed E-state index contributed by atoms with van der Waals surface area (Å²) in [6.07, 6.45) is 6.70. The van der Waals surface area contributed by atoms with Crippen molar-refractivity contribution >= 4 is 29.5 Å². The van der Waals surface area contributed by atoms with E-state index in [-0.39, 0.29) is 34.9 Å². The van der Waals surface area contributed by atoms with Crippen molar-refractivity contribution < 1.29 is 14.4 Å². The summed E-state index contributed by atoms with van der Waals surface area (Å²) >= 11 is 1.46. The van der Waals surface area contributed by atoms with Gasteiger partial charge in [0.15, 0.2) is 0 Å². The Balaban J connectivity index is 1.80. The van der Waals surface area contributed by atoms with Crippen molar-refractivity contribution in [1.29, 1.82) is 0 Å². The number of nitrogens with zero attached hydrogens (tertiary/aromatic N) is 1. The van der Waals surface area contributed by atoms with E-state index < -0.39 is 0 Å². The first kappa shape index (κ1) is 18.3.